The summed E-state index contributed by atoms with van der Waals surface area (Å²) in [5, 5.41) is 5.73. The van der Waals surface area contributed by atoms with Gasteiger partial charge in [0.2, 0.25) is 11.8 Å². The molecule has 188 valence electrons. The lowest BCUT2D eigenvalue weighted by atomic mass is 9.94. The maximum atomic E-state index is 13.8. The second-order valence-corrected chi connectivity index (χ2v) is 8.63. The number of nitrogens with one attached hydrogen (secondary N) is 2. The molecule has 0 bridgehead atoms. The molecule has 0 spiro atoms. The number of furan rings is 1. The van der Waals surface area contributed by atoms with Gasteiger partial charge in [-0.1, -0.05) is 37.5 Å². The van der Waals surface area contributed by atoms with Crippen molar-refractivity contribution >= 4 is 23.4 Å². The summed E-state index contributed by atoms with van der Waals surface area (Å²) in [6, 6.07) is 12.6. The van der Waals surface area contributed by atoms with Crippen LogP contribution < -0.4 is 20.3 Å². The quantitative estimate of drug-likeness (QED) is 0.474. The molecule has 0 aliphatic heterocycles. The van der Waals surface area contributed by atoms with Gasteiger partial charge in [0.05, 0.1) is 25.6 Å². The van der Waals surface area contributed by atoms with Gasteiger partial charge in [-0.2, -0.15) is 0 Å². The van der Waals surface area contributed by atoms with E-state index in [2.05, 4.69) is 15.6 Å². The van der Waals surface area contributed by atoms with Crippen molar-refractivity contribution in [2.75, 3.05) is 18.6 Å². The van der Waals surface area contributed by atoms with Crippen LogP contribution in [-0.4, -0.2) is 42.4 Å². The molecule has 1 unspecified atom stereocenters. The lowest BCUT2D eigenvalue weighted by Gasteiger charge is -2.34. The Morgan fingerprint density at radius 2 is 1.89 bits per heavy atom. The van der Waals surface area contributed by atoms with Crippen LogP contribution in [0.3, 0.4) is 0 Å². The van der Waals surface area contributed by atoms with Gasteiger partial charge < -0.3 is 19.8 Å². The van der Waals surface area contributed by atoms with Gasteiger partial charge in [-0.15, -0.1) is 0 Å². The Morgan fingerprint density at radius 3 is 2.58 bits per heavy atom. The number of hydrogen-bond donors (Lipinski definition) is 2. The summed E-state index contributed by atoms with van der Waals surface area (Å²) >= 11 is 0. The molecular formula is C27H30N4O5. The number of methoxy groups -OCH3 is 1. The Hall–Kier alpha value is -4.14. The number of hydrogen-bond acceptors (Lipinski definition) is 6. The average molecular weight is 491 g/mol. The second-order valence-electron chi connectivity index (χ2n) is 8.63. The van der Waals surface area contributed by atoms with Gasteiger partial charge in [-0.05, 0) is 43.2 Å². The van der Waals surface area contributed by atoms with Crippen molar-refractivity contribution in [3.8, 4) is 5.75 Å². The zero-order valence-electron chi connectivity index (χ0n) is 20.2. The van der Waals surface area contributed by atoms with Crippen LogP contribution in [0.4, 0.5) is 5.69 Å². The summed E-state index contributed by atoms with van der Waals surface area (Å²) in [7, 11) is 1.50. The molecule has 1 atom stereocenters. The van der Waals surface area contributed by atoms with E-state index < -0.39 is 17.9 Å². The van der Waals surface area contributed by atoms with Crippen LogP contribution in [0.15, 0.2) is 71.6 Å². The summed E-state index contributed by atoms with van der Waals surface area (Å²) < 4.78 is 10.7. The molecule has 2 heterocycles. The second kappa shape index (κ2) is 12.0. The zero-order valence-corrected chi connectivity index (χ0v) is 20.2. The molecular weight excluding hydrogens is 460 g/mol. The van der Waals surface area contributed by atoms with Gasteiger partial charge in [0, 0.05) is 24.0 Å². The van der Waals surface area contributed by atoms with E-state index >= 15 is 0 Å². The Labute approximate surface area is 209 Å². The highest BCUT2D eigenvalue weighted by molar-refractivity contribution is 6.05. The molecule has 1 aromatic carbocycles. The standard InChI is InChI=1S/C27H30N4O5/c1-35-22-13-6-5-12-21(22)31(24(32)18-29-26(33)23-14-8-16-36-23)25(19-9-7-15-28-17-19)27(34)30-20-10-3-2-4-11-20/h5-9,12-17,20,25H,2-4,10-11,18H2,1H3,(H,29,33)(H,30,34). The van der Waals surface area contributed by atoms with Crippen molar-refractivity contribution in [1.29, 1.82) is 0 Å². The number of pyridine rings is 1. The van der Waals surface area contributed by atoms with Crippen LogP contribution in [0.5, 0.6) is 5.75 Å². The molecule has 4 rings (SSSR count). The first-order valence-corrected chi connectivity index (χ1v) is 12.1. The maximum absolute atomic E-state index is 13.8. The largest absolute Gasteiger partial charge is 0.495 e. The Morgan fingerprint density at radius 1 is 1.08 bits per heavy atom. The summed E-state index contributed by atoms with van der Waals surface area (Å²) in [4.78, 5) is 45.5. The SMILES string of the molecule is COc1ccccc1N(C(=O)CNC(=O)c1ccco1)C(C(=O)NC1CCCCC1)c1cccnc1. The van der Waals surface area contributed by atoms with Crippen molar-refractivity contribution in [3.63, 3.8) is 0 Å². The van der Waals surface area contributed by atoms with Crippen molar-refractivity contribution in [1.82, 2.24) is 15.6 Å². The van der Waals surface area contributed by atoms with Crippen LogP contribution >= 0.6 is 0 Å². The average Bonchev–Trinajstić information content (AvgIpc) is 3.46. The van der Waals surface area contributed by atoms with E-state index in [0.29, 0.717) is 17.0 Å². The molecule has 1 fully saturated rings. The summed E-state index contributed by atoms with van der Waals surface area (Å²) in [5.74, 6) is -0.829. The number of ether oxygens (including phenoxy) is 1. The molecule has 1 saturated carbocycles. The smallest absolute Gasteiger partial charge is 0.287 e. The lowest BCUT2D eigenvalue weighted by Crippen LogP contribution is -2.49. The van der Waals surface area contributed by atoms with E-state index in [1.807, 2.05) is 0 Å². The van der Waals surface area contributed by atoms with E-state index in [9.17, 15) is 14.4 Å². The third kappa shape index (κ3) is 5.91. The molecule has 1 aliphatic carbocycles. The number of anilines is 1. The molecule has 0 saturated heterocycles. The van der Waals surface area contributed by atoms with Crippen molar-refractivity contribution in [2.24, 2.45) is 0 Å². The number of carbonyl (C=O) groups excluding carboxylic acids is 3. The molecule has 3 amide bonds. The van der Waals surface area contributed by atoms with Crippen LogP contribution in [-0.2, 0) is 9.59 Å². The third-order valence-corrected chi connectivity index (χ3v) is 6.22. The lowest BCUT2D eigenvalue weighted by molar-refractivity contribution is -0.127. The van der Waals surface area contributed by atoms with Crippen LogP contribution in [0.25, 0.3) is 0 Å². The molecule has 36 heavy (non-hydrogen) atoms. The fraction of sp³-hybridized carbons (Fsp3) is 0.333. The van der Waals surface area contributed by atoms with E-state index in [0.717, 1.165) is 32.1 Å². The predicted octanol–water partition coefficient (Wildman–Crippen LogP) is 3.64. The van der Waals surface area contributed by atoms with Crippen LogP contribution in [0.1, 0.15) is 54.3 Å². The van der Waals surface area contributed by atoms with E-state index in [4.69, 9.17) is 9.15 Å². The maximum Gasteiger partial charge on any atom is 0.287 e. The molecule has 2 N–H and O–H groups in total. The van der Waals surface area contributed by atoms with Crippen LogP contribution in [0.2, 0.25) is 0 Å². The normalized spacial score (nSPS) is 14.5. The summed E-state index contributed by atoms with van der Waals surface area (Å²) in [6.07, 6.45) is 9.61. The Bertz CT molecular complexity index is 1160. The molecule has 3 aromatic rings. The Kier molecular flexibility index (Phi) is 8.33. The van der Waals surface area contributed by atoms with Crippen LogP contribution in [0, 0.1) is 0 Å². The first-order chi connectivity index (χ1) is 17.6. The van der Waals surface area contributed by atoms with Gasteiger partial charge in [-0.25, -0.2) is 0 Å². The Balaban J connectivity index is 1.69. The van der Waals surface area contributed by atoms with Gasteiger partial charge >= 0.3 is 0 Å². The topological polar surface area (TPSA) is 114 Å². The van der Waals surface area contributed by atoms with E-state index in [1.165, 1.54) is 24.3 Å². The van der Waals surface area contributed by atoms with Crippen molar-refractivity contribution in [3.05, 3.63) is 78.5 Å². The minimum atomic E-state index is -1.02. The van der Waals surface area contributed by atoms with Gasteiger partial charge in [0.25, 0.3) is 5.91 Å². The highest BCUT2D eigenvalue weighted by Gasteiger charge is 2.35. The summed E-state index contributed by atoms with van der Waals surface area (Å²) in [6.45, 7) is -0.356. The fourth-order valence-electron chi connectivity index (χ4n) is 4.46. The first kappa shape index (κ1) is 25.0. The van der Waals surface area contributed by atoms with Crippen molar-refractivity contribution < 1.29 is 23.5 Å². The molecule has 9 nitrogen and oxygen atoms in total. The number of nitrogens with zero attached hydrogens (tertiary/aromatic N) is 2. The fourth-order valence-corrected chi connectivity index (χ4v) is 4.46. The molecule has 9 heteroatoms. The number of amides is 3. The molecule has 0 radical (unpaired) electrons. The monoisotopic (exact) mass is 490 g/mol. The van der Waals surface area contributed by atoms with Gasteiger partial charge in [-0.3, -0.25) is 24.3 Å². The number of para-hydroxylation sites is 2. The van der Waals surface area contributed by atoms with Gasteiger partial charge in [0.15, 0.2) is 5.76 Å². The highest BCUT2D eigenvalue weighted by atomic mass is 16.5. The highest BCUT2D eigenvalue weighted by Crippen LogP contribution is 2.35. The minimum Gasteiger partial charge on any atom is -0.495 e. The number of carbonyl (C=O) groups is 3. The summed E-state index contributed by atoms with van der Waals surface area (Å²) in [5.41, 5.74) is 0.951. The number of benzene rings is 1. The zero-order chi connectivity index (χ0) is 25.3. The van der Waals surface area contributed by atoms with Crippen molar-refractivity contribution in [2.45, 2.75) is 44.2 Å². The number of aromatic nitrogens is 1. The third-order valence-electron chi connectivity index (χ3n) is 6.22. The van der Waals surface area contributed by atoms with Gasteiger partial charge in [0.1, 0.15) is 11.8 Å². The van der Waals surface area contributed by atoms with E-state index in [1.54, 1.807) is 54.9 Å². The number of rotatable bonds is 9. The molecule has 1 aliphatic rings. The van der Waals surface area contributed by atoms with E-state index in [-0.39, 0.29) is 24.3 Å². The minimum absolute atomic E-state index is 0.0405. The first-order valence-electron chi connectivity index (χ1n) is 12.1. The predicted molar refractivity (Wildman–Crippen MR) is 134 cm³/mol. The molecule has 2 aromatic heterocycles.